The van der Waals surface area contributed by atoms with Gasteiger partial charge in [-0.15, -0.1) is 0 Å². The topological polar surface area (TPSA) is 105 Å². The molecule has 0 radical (unpaired) electrons. The summed E-state index contributed by atoms with van der Waals surface area (Å²) in [5, 5.41) is 4.21. The first kappa shape index (κ1) is 21.0. The predicted octanol–water partition coefficient (Wildman–Crippen LogP) is 0.747. The van der Waals surface area contributed by atoms with E-state index in [1.807, 2.05) is 49.8 Å². The number of amides is 4. The second kappa shape index (κ2) is 8.50. The number of imide groups is 1. The zero-order chi connectivity index (χ0) is 22.0. The number of piperidine rings is 1. The Morgan fingerprint density at radius 3 is 2.45 bits per heavy atom. The lowest BCUT2D eigenvalue weighted by Crippen LogP contribution is -2.56. The van der Waals surface area contributed by atoms with Gasteiger partial charge in [-0.25, -0.2) is 4.79 Å². The van der Waals surface area contributed by atoms with Crippen molar-refractivity contribution >= 4 is 17.8 Å². The molecule has 2 fully saturated rings. The highest BCUT2D eigenvalue weighted by Crippen LogP contribution is 2.37. The van der Waals surface area contributed by atoms with Crippen molar-refractivity contribution in [2.75, 3.05) is 26.2 Å². The molecule has 0 aliphatic carbocycles. The normalized spacial score (nSPS) is 18.9. The number of hydrogen-bond acceptors (Lipinski definition) is 5. The predicted molar refractivity (Wildman–Crippen MR) is 114 cm³/mol. The van der Waals surface area contributed by atoms with Gasteiger partial charge in [0.1, 0.15) is 12.1 Å². The van der Waals surface area contributed by atoms with Crippen LogP contribution in [0, 0.1) is 0 Å². The van der Waals surface area contributed by atoms with Crippen LogP contribution >= 0.6 is 0 Å². The number of rotatable bonds is 7. The highest BCUT2D eigenvalue weighted by atomic mass is 16.2. The molecule has 2 aliphatic rings. The van der Waals surface area contributed by atoms with E-state index in [4.69, 9.17) is 5.73 Å². The highest BCUT2D eigenvalue weighted by Gasteiger charge is 2.57. The van der Waals surface area contributed by atoms with Crippen molar-refractivity contribution in [2.45, 2.75) is 31.3 Å². The van der Waals surface area contributed by atoms with Crippen molar-refractivity contribution in [3.8, 4) is 0 Å². The minimum absolute atomic E-state index is 0.301. The number of primary amides is 1. The zero-order valence-corrected chi connectivity index (χ0v) is 17.7. The van der Waals surface area contributed by atoms with Gasteiger partial charge in [0.15, 0.2) is 0 Å². The van der Waals surface area contributed by atoms with Crippen LogP contribution in [0.2, 0.25) is 0 Å². The van der Waals surface area contributed by atoms with Gasteiger partial charge in [-0.05, 0) is 24.8 Å². The van der Waals surface area contributed by atoms with Crippen LogP contribution in [0.4, 0.5) is 4.79 Å². The fourth-order valence-electron chi connectivity index (χ4n) is 4.65. The Bertz CT molecular complexity index is 965. The lowest BCUT2D eigenvalue weighted by Gasteiger charge is -2.42. The summed E-state index contributed by atoms with van der Waals surface area (Å²) in [4.78, 5) is 42.9. The third-order valence-electron chi connectivity index (χ3n) is 6.25. The molecule has 0 bridgehead atoms. The maximum atomic E-state index is 13.3. The third kappa shape index (κ3) is 4.18. The summed E-state index contributed by atoms with van der Waals surface area (Å²) in [7, 11) is 1.88. The number of nitrogens with two attached hydrogens (primary N) is 1. The van der Waals surface area contributed by atoms with E-state index in [0.29, 0.717) is 38.9 Å². The smallest absolute Gasteiger partial charge is 0.328 e. The lowest BCUT2D eigenvalue weighted by molar-refractivity contribution is -0.137. The summed E-state index contributed by atoms with van der Waals surface area (Å²) in [6.07, 6.45) is 5.53. The van der Waals surface area contributed by atoms with Crippen molar-refractivity contribution in [2.24, 2.45) is 12.8 Å². The second-order valence-electron chi connectivity index (χ2n) is 8.36. The lowest BCUT2D eigenvalue weighted by atomic mass is 9.85. The van der Waals surface area contributed by atoms with E-state index in [0.717, 1.165) is 22.6 Å². The molecule has 0 atom stereocenters. The summed E-state index contributed by atoms with van der Waals surface area (Å²) in [6, 6.07) is 9.46. The fraction of sp³-hybridized carbons (Fsp3) is 0.455. The monoisotopic (exact) mass is 424 g/mol. The first-order valence-corrected chi connectivity index (χ1v) is 10.5. The molecule has 2 saturated heterocycles. The van der Waals surface area contributed by atoms with E-state index in [2.05, 4.69) is 10.00 Å². The SMILES string of the molecule is Cn1cc(CN2CCC3(CC2)C(=O)N(CC(N)=O)C(=O)N3CCc2ccccc2)cn1. The Morgan fingerprint density at radius 1 is 1.13 bits per heavy atom. The van der Waals surface area contributed by atoms with Gasteiger partial charge in [-0.2, -0.15) is 5.10 Å². The van der Waals surface area contributed by atoms with E-state index < -0.39 is 17.5 Å². The van der Waals surface area contributed by atoms with Gasteiger partial charge < -0.3 is 10.6 Å². The van der Waals surface area contributed by atoms with Crippen molar-refractivity contribution in [1.82, 2.24) is 24.5 Å². The molecule has 1 aromatic heterocycles. The minimum atomic E-state index is -0.910. The number of benzene rings is 1. The van der Waals surface area contributed by atoms with Gasteiger partial charge in [-0.1, -0.05) is 30.3 Å². The Hall–Kier alpha value is -3.20. The van der Waals surface area contributed by atoms with Crippen LogP contribution in [-0.4, -0.2) is 74.0 Å². The minimum Gasteiger partial charge on any atom is -0.368 e. The van der Waals surface area contributed by atoms with Crippen LogP contribution < -0.4 is 5.73 Å². The number of hydrogen-bond donors (Lipinski definition) is 1. The summed E-state index contributed by atoms with van der Waals surface area (Å²) >= 11 is 0. The molecule has 2 N–H and O–H groups in total. The average molecular weight is 425 g/mol. The van der Waals surface area contributed by atoms with Gasteiger partial charge in [0.25, 0.3) is 5.91 Å². The van der Waals surface area contributed by atoms with Gasteiger partial charge in [0, 0.05) is 45.0 Å². The molecule has 0 saturated carbocycles. The molecule has 4 rings (SSSR count). The van der Waals surface area contributed by atoms with E-state index in [9.17, 15) is 14.4 Å². The number of likely N-dealkylation sites (tertiary alicyclic amines) is 1. The Morgan fingerprint density at radius 2 is 1.84 bits per heavy atom. The molecule has 4 amide bonds. The number of aromatic nitrogens is 2. The summed E-state index contributed by atoms with van der Waals surface area (Å²) < 4.78 is 1.77. The third-order valence-corrected chi connectivity index (χ3v) is 6.25. The average Bonchev–Trinajstić information content (AvgIpc) is 3.24. The molecule has 2 aliphatic heterocycles. The zero-order valence-electron chi connectivity index (χ0n) is 17.7. The number of urea groups is 1. The Labute approximate surface area is 181 Å². The quantitative estimate of drug-likeness (QED) is 0.661. The van der Waals surface area contributed by atoms with Crippen molar-refractivity contribution in [3.63, 3.8) is 0 Å². The van der Waals surface area contributed by atoms with Gasteiger partial charge in [0.05, 0.1) is 6.20 Å². The van der Waals surface area contributed by atoms with Crippen LogP contribution in [0.3, 0.4) is 0 Å². The molecule has 0 unspecified atom stereocenters. The van der Waals surface area contributed by atoms with Crippen LogP contribution in [0.15, 0.2) is 42.7 Å². The summed E-state index contributed by atoms with van der Waals surface area (Å²) in [5.41, 5.74) is 6.62. The van der Waals surface area contributed by atoms with E-state index >= 15 is 0 Å². The van der Waals surface area contributed by atoms with E-state index in [-0.39, 0.29) is 12.5 Å². The molecule has 164 valence electrons. The summed E-state index contributed by atoms with van der Waals surface area (Å²) in [6.45, 7) is 2.16. The molecular formula is C22H28N6O3. The molecule has 1 spiro atoms. The number of carbonyl (C=O) groups excluding carboxylic acids is 3. The first-order chi connectivity index (χ1) is 14.9. The molecular weight excluding hydrogens is 396 g/mol. The number of nitrogens with zero attached hydrogens (tertiary/aromatic N) is 5. The molecule has 2 aromatic rings. The van der Waals surface area contributed by atoms with Crippen LogP contribution in [-0.2, 0) is 29.6 Å². The first-order valence-electron chi connectivity index (χ1n) is 10.5. The van der Waals surface area contributed by atoms with E-state index in [1.165, 1.54) is 0 Å². The molecule has 9 heteroatoms. The van der Waals surface area contributed by atoms with Crippen LogP contribution in [0.25, 0.3) is 0 Å². The van der Waals surface area contributed by atoms with Crippen LogP contribution in [0.1, 0.15) is 24.0 Å². The van der Waals surface area contributed by atoms with Crippen molar-refractivity contribution < 1.29 is 14.4 Å². The van der Waals surface area contributed by atoms with Crippen molar-refractivity contribution in [1.29, 1.82) is 0 Å². The summed E-state index contributed by atoms with van der Waals surface area (Å²) in [5.74, 6) is -0.985. The van der Waals surface area contributed by atoms with Gasteiger partial charge in [0.2, 0.25) is 5.91 Å². The van der Waals surface area contributed by atoms with Gasteiger partial charge in [-0.3, -0.25) is 24.1 Å². The standard InChI is InChI=1S/C22H28N6O3/c1-25-14-18(13-24-25)15-26-11-8-22(9-12-26)20(30)27(16-19(23)29)21(31)28(22)10-7-17-5-3-2-4-6-17/h2-6,13-14H,7-12,15-16H2,1H3,(H2,23,29). The van der Waals surface area contributed by atoms with Gasteiger partial charge >= 0.3 is 6.03 Å². The maximum Gasteiger partial charge on any atom is 0.328 e. The van der Waals surface area contributed by atoms with Crippen molar-refractivity contribution in [3.05, 3.63) is 53.9 Å². The number of aryl methyl sites for hydroxylation is 1. The van der Waals surface area contributed by atoms with Crippen LogP contribution in [0.5, 0.6) is 0 Å². The Balaban J connectivity index is 1.51. The fourth-order valence-corrected chi connectivity index (χ4v) is 4.65. The highest BCUT2D eigenvalue weighted by molar-refractivity contribution is 6.09. The molecule has 1 aromatic carbocycles. The largest absolute Gasteiger partial charge is 0.368 e. The maximum absolute atomic E-state index is 13.3. The number of carbonyl (C=O) groups is 3. The molecule has 31 heavy (non-hydrogen) atoms. The molecule has 3 heterocycles. The van der Waals surface area contributed by atoms with E-state index in [1.54, 1.807) is 9.58 Å². The second-order valence-corrected chi connectivity index (χ2v) is 8.36. The molecule has 9 nitrogen and oxygen atoms in total. The Kier molecular flexibility index (Phi) is 5.77.